The molecule has 0 aromatic rings. The first kappa shape index (κ1) is 18.5. The normalized spacial score (nSPS) is 12.3. The lowest BCUT2D eigenvalue weighted by molar-refractivity contribution is 0.124. The van der Waals surface area contributed by atoms with E-state index in [-0.39, 0.29) is 0 Å². The second-order valence-electron chi connectivity index (χ2n) is 5.68. The summed E-state index contributed by atoms with van der Waals surface area (Å²) in [6.07, 6.45) is 19.6. The van der Waals surface area contributed by atoms with Crippen molar-refractivity contribution in [3.63, 3.8) is 0 Å². The number of hydrogen-bond acceptors (Lipinski definition) is 1. The van der Waals surface area contributed by atoms with Crippen LogP contribution in [-0.2, 0) is 4.74 Å². The maximum atomic E-state index is 5.53. The average Bonchev–Trinajstić information content (AvgIpc) is 2.41. The maximum Gasteiger partial charge on any atom is 0.0978 e. The summed E-state index contributed by atoms with van der Waals surface area (Å²) < 4.78 is 5.53. The van der Waals surface area contributed by atoms with Gasteiger partial charge in [-0.25, -0.2) is 0 Å². The molecule has 0 radical (unpaired) electrons. The minimum absolute atomic E-state index is 0.413. The van der Waals surface area contributed by atoms with Crippen molar-refractivity contribution in [2.45, 2.75) is 103 Å². The SMILES string of the molecule is C=COC(CCC)CCCCCCCCCCCC. The fourth-order valence-corrected chi connectivity index (χ4v) is 2.60. The zero-order chi connectivity index (χ0) is 14.2. The van der Waals surface area contributed by atoms with Crippen molar-refractivity contribution in [1.82, 2.24) is 0 Å². The van der Waals surface area contributed by atoms with Crippen LogP contribution in [0.25, 0.3) is 0 Å². The Morgan fingerprint density at radius 2 is 1.26 bits per heavy atom. The predicted octanol–water partition coefficient (Wildman–Crippen LogP) is 6.63. The lowest BCUT2D eigenvalue weighted by Crippen LogP contribution is -2.08. The van der Waals surface area contributed by atoms with Gasteiger partial charge in [-0.2, -0.15) is 0 Å². The Labute approximate surface area is 121 Å². The Morgan fingerprint density at radius 3 is 1.74 bits per heavy atom. The number of unbranched alkanes of at least 4 members (excludes halogenated alkanes) is 9. The van der Waals surface area contributed by atoms with Crippen molar-refractivity contribution in [2.75, 3.05) is 0 Å². The van der Waals surface area contributed by atoms with Crippen molar-refractivity contribution in [3.05, 3.63) is 12.8 Å². The van der Waals surface area contributed by atoms with Gasteiger partial charge >= 0.3 is 0 Å². The third-order valence-electron chi connectivity index (χ3n) is 3.78. The van der Waals surface area contributed by atoms with E-state index in [0.29, 0.717) is 6.10 Å². The van der Waals surface area contributed by atoms with Crippen LogP contribution in [0.2, 0.25) is 0 Å². The van der Waals surface area contributed by atoms with Crippen LogP contribution >= 0.6 is 0 Å². The van der Waals surface area contributed by atoms with E-state index in [4.69, 9.17) is 4.74 Å². The van der Waals surface area contributed by atoms with Crippen molar-refractivity contribution in [2.24, 2.45) is 0 Å². The van der Waals surface area contributed by atoms with E-state index in [1.807, 2.05) is 0 Å². The molecule has 1 nitrogen and oxygen atoms in total. The van der Waals surface area contributed by atoms with Gasteiger partial charge in [0.05, 0.1) is 12.4 Å². The molecule has 0 aliphatic heterocycles. The molecule has 0 fully saturated rings. The Bertz CT molecular complexity index is 177. The van der Waals surface area contributed by atoms with Gasteiger partial charge in [-0.15, -0.1) is 0 Å². The van der Waals surface area contributed by atoms with Crippen LogP contribution in [0.15, 0.2) is 12.8 Å². The van der Waals surface area contributed by atoms with Gasteiger partial charge in [-0.1, -0.05) is 84.6 Å². The highest BCUT2D eigenvalue weighted by Gasteiger charge is 2.05. The molecule has 0 N–H and O–H groups in total. The minimum Gasteiger partial charge on any atom is -0.499 e. The first-order valence-electron chi connectivity index (χ1n) is 8.61. The summed E-state index contributed by atoms with van der Waals surface area (Å²) in [6, 6.07) is 0. The Kier molecular flexibility index (Phi) is 15.2. The summed E-state index contributed by atoms with van der Waals surface area (Å²) in [6.45, 7) is 8.16. The van der Waals surface area contributed by atoms with Crippen LogP contribution in [0, 0.1) is 0 Å². The lowest BCUT2D eigenvalue weighted by Gasteiger charge is -2.15. The summed E-state index contributed by atoms with van der Waals surface area (Å²) in [7, 11) is 0. The molecule has 1 heteroatoms. The van der Waals surface area contributed by atoms with Crippen molar-refractivity contribution < 1.29 is 4.74 Å². The van der Waals surface area contributed by atoms with E-state index in [9.17, 15) is 0 Å². The molecule has 0 saturated heterocycles. The largest absolute Gasteiger partial charge is 0.499 e. The van der Waals surface area contributed by atoms with Crippen LogP contribution in [0.1, 0.15) is 97.3 Å². The maximum absolute atomic E-state index is 5.53. The van der Waals surface area contributed by atoms with Gasteiger partial charge in [0.15, 0.2) is 0 Å². The monoisotopic (exact) mass is 268 g/mol. The molecule has 0 bridgehead atoms. The molecule has 0 heterocycles. The summed E-state index contributed by atoms with van der Waals surface area (Å²) in [4.78, 5) is 0. The van der Waals surface area contributed by atoms with Gasteiger partial charge in [-0.3, -0.25) is 0 Å². The van der Waals surface area contributed by atoms with E-state index in [2.05, 4.69) is 20.4 Å². The first-order chi connectivity index (χ1) is 9.35. The second kappa shape index (κ2) is 15.6. The third-order valence-corrected chi connectivity index (χ3v) is 3.78. The fourth-order valence-electron chi connectivity index (χ4n) is 2.60. The lowest BCUT2D eigenvalue weighted by atomic mass is 10.0. The van der Waals surface area contributed by atoms with Crippen LogP contribution in [-0.4, -0.2) is 6.10 Å². The number of hydrogen-bond donors (Lipinski definition) is 0. The Morgan fingerprint density at radius 1 is 0.737 bits per heavy atom. The van der Waals surface area contributed by atoms with Gasteiger partial charge in [0, 0.05) is 0 Å². The smallest absolute Gasteiger partial charge is 0.0978 e. The van der Waals surface area contributed by atoms with Crippen molar-refractivity contribution in [3.8, 4) is 0 Å². The van der Waals surface area contributed by atoms with Gasteiger partial charge in [0.1, 0.15) is 0 Å². The second-order valence-corrected chi connectivity index (χ2v) is 5.68. The molecule has 0 aliphatic carbocycles. The molecule has 0 rings (SSSR count). The molecule has 0 aromatic heterocycles. The van der Waals surface area contributed by atoms with E-state index in [1.54, 1.807) is 6.26 Å². The fraction of sp³-hybridized carbons (Fsp3) is 0.889. The summed E-state index contributed by atoms with van der Waals surface area (Å²) in [5.74, 6) is 0. The van der Waals surface area contributed by atoms with E-state index >= 15 is 0 Å². The highest BCUT2D eigenvalue weighted by Crippen LogP contribution is 2.15. The molecule has 1 unspecified atom stereocenters. The van der Waals surface area contributed by atoms with Gasteiger partial charge in [-0.05, 0) is 19.3 Å². The van der Waals surface area contributed by atoms with E-state index < -0.39 is 0 Å². The highest BCUT2D eigenvalue weighted by atomic mass is 16.5. The molecular formula is C18H36O. The standard InChI is InChI=1S/C18H36O/c1-4-7-8-9-10-11-12-13-14-15-17-18(16-5-2)19-6-3/h6,18H,3-5,7-17H2,1-2H3. The molecule has 1 atom stereocenters. The van der Waals surface area contributed by atoms with Crippen LogP contribution in [0.4, 0.5) is 0 Å². The first-order valence-corrected chi connectivity index (χ1v) is 8.61. The third kappa shape index (κ3) is 13.8. The summed E-state index contributed by atoms with van der Waals surface area (Å²) >= 11 is 0. The molecule has 0 saturated carbocycles. The zero-order valence-corrected chi connectivity index (χ0v) is 13.5. The van der Waals surface area contributed by atoms with Crippen molar-refractivity contribution in [1.29, 1.82) is 0 Å². The zero-order valence-electron chi connectivity index (χ0n) is 13.5. The van der Waals surface area contributed by atoms with E-state index in [0.717, 1.165) is 0 Å². The molecule has 114 valence electrons. The molecular weight excluding hydrogens is 232 g/mol. The minimum atomic E-state index is 0.413. The Balaban J connectivity index is 3.22. The summed E-state index contributed by atoms with van der Waals surface area (Å²) in [5, 5.41) is 0. The van der Waals surface area contributed by atoms with Crippen LogP contribution < -0.4 is 0 Å². The average molecular weight is 268 g/mol. The van der Waals surface area contributed by atoms with Gasteiger partial charge in [0.2, 0.25) is 0 Å². The molecule has 0 aromatic carbocycles. The molecule has 0 aliphatic rings. The quantitative estimate of drug-likeness (QED) is 0.239. The van der Waals surface area contributed by atoms with Gasteiger partial charge < -0.3 is 4.74 Å². The topological polar surface area (TPSA) is 9.23 Å². The van der Waals surface area contributed by atoms with Crippen LogP contribution in [0.5, 0.6) is 0 Å². The van der Waals surface area contributed by atoms with Crippen molar-refractivity contribution >= 4 is 0 Å². The number of rotatable bonds is 15. The van der Waals surface area contributed by atoms with E-state index in [1.165, 1.54) is 83.5 Å². The molecule has 0 amide bonds. The van der Waals surface area contributed by atoms with Crippen LogP contribution in [0.3, 0.4) is 0 Å². The Hall–Kier alpha value is -0.460. The number of ether oxygens (including phenoxy) is 1. The molecule has 0 spiro atoms. The summed E-state index contributed by atoms with van der Waals surface area (Å²) in [5.41, 5.74) is 0. The van der Waals surface area contributed by atoms with Gasteiger partial charge in [0.25, 0.3) is 0 Å². The molecule has 19 heavy (non-hydrogen) atoms. The predicted molar refractivity (Wildman–Crippen MR) is 86.4 cm³/mol. The highest BCUT2D eigenvalue weighted by molar-refractivity contribution is 4.62.